The Balaban J connectivity index is 2.60. The predicted molar refractivity (Wildman–Crippen MR) is 69.4 cm³/mol. The number of hydrogen-bond acceptors (Lipinski definition) is 3. The van der Waals surface area contributed by atoms with Crippen molar-refractivity contribution in [3.63, 3.8) is 0 Å². The smallest absolute Gasteiger partial charge is 0.256 e. The van der Waals surface area contributed by atoms with Gasteiger partial charge in [0.25, 0.3) is 5.56 Å². The van der Waals surface area contributed by atoms with Crippen LogP contribution in [0.3, 0.4) is 0 Å². The number of halogens is 1. The molecule has 4 nitrogen and oxygen atoms in total. The average Bonchev–Trinajstić information content (AvgIpc) is 2.28. The van der Waals surface area contributed by atoms with E-state index in [-0.39, 0.29) is 11.5 Å². The van der Waals surface area contributed by atoms with Gasteiger partial charge in [-0.3, -0.25) is 9.36 Å². The maximum absolute atomic E-state index is 11.7. The summed E-state index contributed by atoms with van der Waals surface area (Å²) in [6.45, 7) is 4.10. The van der Waals surface area contributed by atoms with Crippen LogP contribution in [0.4, 0.5) is 0 Å². The molecule has 0 unspecified atom stereocenters. The lowest BCUT2D eigenvalue weighted by atomic mass is 10.1. The SMILES string of the molecule is CC(C)c1cc(-n2ccccc2=O)nc(Br)n1. The predicted octanol–water partition coefficient (Wildman–Crippen LogP) is 2.51. The fraction of sp³-hybridized carbons (Fsp3) is 0.250. The van der Waals surface area contributed by atoms with Gasteiger partial charge >= 0.3 is 0 Å². The highest BCUT2D eigenvalue weighted by atomic mass is 79.9. The lowest BCUT2D eigenvalue weighted by Crippen LogP contribution is -2.17. The zero-order valence-corrected chi connectivity index (χ0v) is 11.2. The molecule has 0 amide bonds. The maximum atomic E-state index is 11.7. The molecule has 17 heavy (non-hydrogen) atoms. The summed E-state index contributed by atoms with van der Waals surface area (Å²) in [6.07, 6.45) is 1.70. The Labute approximate surface area is 107 Å². The van der Waals surface area contributed by atoms with Crippen LogP contribution in [0, 0.1) is 0 Å². The zero-order chi connectivity index (χ0) is 12.4. The minimum Gasteiger partial charge on any atom is -0.269 e. The van der Waals surface area contributed by atoms with Gasteiger partial charge in [0.15, 0.2) is 4.73 Å². The van der Waals surface area contributed by atoms with Crippen molar-refractivity contribution >= 4 is 15.9 Å². The Hall–Kier alpha value is -1.49. The summed E-state index contributed by atoms with van der Waals surface area (Å²) < 4.78 is 1.99. The van der Waals surface area contributed by atoms with Gasteiger partial charge in [0, 0.05) is 24.0 Å². The Kier molecular flexibility index (Phi) is 3.38. The van der Waals surface area contributed by atoms with Crippen molar-refractivity contribution in [3.8, 4) is 5.82 Å². The number of hydrogen-bond donors (Lipinski definition) is 0. The summed E-state index contributed by atoms with van der Waals surface area (Å²) in [5, 5.41) is 0. The van der Waals surface area contributed by atoms with Crippen LogP contribution in [0.25, 0.3) is 5.82 Å². The summed E-state index contributed by atoms with van der Waals surface area (Å²) in [5.41, 5.74) is 0.797. The second-order valence-electron chi connectivity index (χ2n) is 3.98. The number of nitrogens with zero attached hydrogens (tertiary/aromatic N) is 3. The van der Waals surface area contributed by atoms with Crippen molar-refractivity contribution < 1.29 is 0 Å². The molecule has 2 rings (SSSR count). The van der Waals surface area contributed by atoms with Crippen LogP contribution in [0.5, 0.6) is 0 Å². The van der Waals surface area contributed by atoms with E-state index in [0.717, 1.165) is 5.69 Å². The quantitative estimate of drug-likeness (QED) is 0.800. The monoisotopic (exact) mass is 293 g/mol. The summed E-state index contributed by atoms with van der Waals surface area (Å²) in [6, 6.07) is 6.84. The summed E-state index contributed by atoms with van der Waals surface area (Å²) in [4.78, 5) is 20.2. The molecule has 0 saturated heterocycles. The van der Waals surface area contributed by atoms with Gasteiger partial charge in [-0.15, -0.1) is 0 Å². The molecule has 0 aliphatic heterocycles. The van der Waals surface area contributed by atoms with Crippen molar-refractivity contribution in [2.24, 2.45) is 0 Å². The van der Waals surface area contributed by atoms with E-state index in [0.29, 0.717) is 10.6 Å². The topological polar surface area (TPSA) is 47.8 Å². The lowest BCUT2D eigenvalue weighted by Gasteiger charge is -2.09. The van der Waals surface area contributed by atoms with Crippen LogP contribution in [0.1, 0.15) is 25.5 Å². The molecule has 0 saturated carbocycles. The van der Waals surface area contributed by atoms with Crippen molar-refractivity contribution in [2.45, 2.75) is 19.8 Å². The number of aromatic nitrogens is 3. The van der Waals surface area contributed by atoms with E-state index >= 15 is 0 Å². The highest BCUT2D eigenvalue weighted by Gasteiger charge is 2.08. The van der Waals surface area contributed by atoms with Crippen LogP contribution >= 0.6 is 15.9 Å². The molecule has 0 atom stereocenters. The minimum atomic E-state index is -0.104. The van der Waals surface area contributed by atoms with Crippen molar-refractivity contribution in [1.82, 2.24) is 14.5 Å². The molecule has 5 heteroatoms. The first-order valence-corrected chi connectivity index (χ1v) is 6.10. The third-order valence-electron chi connectivity index (χ3n) is 2.37. The molecule has 2 aromatic heterocycles. The summed E-state index contributed by atoms with van der Waals surface area (Å²) >= 11 is 3.27. The molecule has 0 aromatic carbocycles. The highest BCUT2D eigenvalue weighted by Crippen LogP contribution is 2.16. The molecule has 2 heterocycles. The molecule has 0 fully saturated rings. The zero-order valence-electron chi connectivity index (χ0n) is 9.59. The van der Waals surface area contributed by atoms with Crippen molar-refractivity contribution in [3.05, 3.63) is 51.2 Å². The molecule has 2 aromatic rings. The average molecular weight is 294 g/mol. The second-order valence-corrected chi connectivity index (χ2v) is 4.69. The van der Waals surface area contributed by atoms with E-state index in [1.165, 1.54) is 10.6 Å². The van der Waals surface area contributed by atoms with Gasteiger partial charge in [0.1, 0.15) is 5.82 Å². The third-order valence-corrected chi connectivity index (χ3v) is 2.72. The van der Waals surface area contributed by atoms with Gasteiger partial charge in [-0.05, 0) is 27.9 Å². The Morgan fingerprint density at radius 3 is 2.71 bits per heavy atom. The van der Waals surface area contributed by atoms with E-state index in [1.807, 2.05) is 19.9 Å². The van der Waals surface area contributed by atoms with Gasteiger partial charge in [-0.1, -0.05) is 19.9 Å². The first-order chi connectivity index (χ1) is 8.08. The van der Waals surface area contributed by atoms with Crippen LogP contribution in [-0.4, -0.2) is 14.5 Å². The van der Waals surface area contributed by atoms with Gasteiger partial charge in [0.05, 0.1) is 0 Å². The minimum absolute atomic E-state index is 0.104. The molecular weight excluding hydrogens is 282 g/mol. The highest BCUT2D eigenvalue weighted by molar-refractivity contribution is 9.10. The molecule has 0 aliphatic rings. The van der Waals surface area contributed by atoms with Crippen LogP contribution in [0.2, 0.25) is 0 Å². The Bertz CT molecular complexity index is 592. The summed E-state index contributed by atoms with van der Waals surface area (Å²) in [7, 11) is 0. The summed E-state index contributed by atoms with van der Waals surface area (Å²) in [5.74, 6) is 0.869. The fourth-order valence-corrected chi connectivity index (χ4v) is 1.85. The standard InChI is InChI=1S/C12H12BrN3O/c1-8(2)9-7-10(15-12(13)14-9)16-6-4-3-5-11(16)17/h3-8H,1-2H3. The van der Waals surface area contributed by atoms with E-state index in [9.17, 15) is 4.79 Å². The van der Waals surface area contributed by atoms with Gasteiger partial charge < -0.3 is 0 Å². The molecule has 0 N–H and O–H groups in total. The van der Waals surface area contributed by atoms with Crippen molar-refractivity contribution in [1.29, 1.82) is 0 Å². The molecule has 0 radical (unpaired) electrons. The fourth-order valence-electron chi connectivity index (χ4n) is 1.46. The first-order valence-electron chi connectivity index (χ1n) is 5.30. The van der Waals surface area contributed by atoms with E-state index in [4.69, 9.17) is 0 Å². The van der Waals surface area contributed by atoms with Crippen molar-refractivity contribution in [2.75, 3.05) is 0 Å². The first kappa shape index (κ1) is 12.0. The molecular formula is C12H12BrN3O. The van der Waals surface area contributed by atoms with Gasteiger partial charge in [0.2, 0.25) is 0 Å². The second kappa shape index (κ2) is 4.79. The maximum Gasteiger partial charge on any atom is 0.256 e. The number of pyridine rings is 1. The van der Waals surface area contributed by atoms with Crippen LogP contribution in [-0.2, 0) is 0 Å². The van der Waals surface area contributed by atoms with E-state index in [2.05, 4.69) is 25.9 Å². The molecule has 0 bridgehead atoms. The van der Waals surface area contributed by atoms with E-state index < -0.39 is 0 Å². The van der Waals surface area contributed by atoms with Crippen LogP contribution in [0.15, 0.2) is 40.0 Å². The Morgan fingerprint density at radius 2 is 2.06 bits per heavy atom. The van der Waals surface area contributed by atoms with E-state index in [1.54, 1.807) is 18.3 Å². The largest absolute Gasteiger partial charge is 0.269 e. The third kappa shape index (κ3) is 2.61. The molecule has 88 valence electrons. The number of rotatable bonds is 2. The van der Waals surface area contributed by atoms with Crippen LogP contribution < -0.4 is 5.56 Å². The van der Waals surface area contributed by atoms with Gasteiger partial charge in [-0.25, -0.2) is 9.97 Å². The normalized spacial score (nSPS) is 10.8. The lowest BCUT2D eigenvalue weighted by molar-refractivity contribution is 0.792. The molecule has 0 aliphatic carbocycles. The molecule has 0 spiro atoms. The van der Waals surface area contributed by atoms with Gasteiger partial charge in [-0.2, -0.15) is 0 Å². The Morgan fingerprint density at radius 1 is 1.29 bits per heavy atom.